The van der Waals surface area contributed by atoms with Gasteiger partial charge in [-0.3, -0.25) is 4.79 Å². The van der Waals surface area contributed by atoms with Crippen LogP contribution in [-0.4, -0.2) is 22.2 Å². The third-order valence-electron chi connectivity index (χ3n) is 2.25. The highest BCUT2D eigenvalue weighted by molar-refractivity contribution is 6.31. The minimum absolute atomic E-state index is 0.0942. The van der Waals surface area contributed by atoms with Gasteiger partial charge in [-0.25, -0.2) is 4.79 Å². The number of halogens is 1. The molecule has 1 atom stereocenters. The van der Waals surface area contributed by atoms with E-state index < -0.39 is 17.9 Å². The average molecular weight is 243 g/mol. The lowest BCUT2D eigenvalue weighted by atomic mass is 10.0. The lowest BCUT2D eigenvalue weighted by Crippen LogP contribution is -2.12. The first-order valence-corrected chi connectivity index (χ1v) is 5.04. The molecule has 1 unspecified atom stereocenters. The molecule has 0 bridgehead atoms. The zero-order chi connectivity index (χ0) is 12.3. The molecule has 0 spiro atoms. The number of hydrogen-bond donors (Lipinski definition) is 2. The molecule has 1 aromatic rings. The number of benzene rings is 1. The third-order valence-corrected chi connectivity index (χ3v) is 2.60. The molecule has 1 rings (SSSR count). The van der Waals surface area contributed by atoms with Gasteiger partial charge in [0.2, 0.25) is 0 Å². The molecule has 16 heavy (non-hydrogen) atoms. The standard InChI is InChI=1S/C11H11ClO4/c1-6(10(13)14)4-7-2-3-8(11(15)16)5-9(7)12/h2-3,5-6H,4H2,1H3,(H,13,14)(H,15,16). The van der Waals surface area contributed by atoms with Crippen LogP contribution in [0.1, 0.15) is 22.8 Å². The summed E-state index contributed by atoms with van der Waals surface area (Å²) in [7, 11) is 0. The fraction of sp³-hybridized carbons (Fsp3) is 0.273. The van der Waals surface area contributed by atoms with E-state index in [-0.39, 0.29) is 17.0 Å². The molecule has 2 N–H and O–H groups in total. The van der Waals surface area contributed by atoms with Crippen molar-refractivity contribution in [2.75, 3.05) is 0 Å². The smallest absolute Gasteiger partial charge is 0.335 e. The minimum atomic E-state index is -1.06. The van der Waals surface area contributed by atoms with Gasteiger partial charge in [-0.1, -0.05) is 24.6 Å². The number of carboxylic acid groups (broad SMARTS) is 2. The Hall–Kier alpha value is -1.55. The van der Waals surface area contributed by atoms with Crippen molar-refractivity contribution in [2.24, 2.45) is 5.92 Å². The Labute approximate surface area is 97.5 Å². The van der Waals surface area contributed by atoms with E-state index in [1.54, 1.807) is 13.0 Å². The van der Waals surface area contributed by atoms with E-state index in [1.165, 1.54) is 12.1 Å². The zero-order valence-electron chi connectivity index (χ0n) is 8.61. The van der Waals surface area contributed by atoms with Gasteiger partial charge < -0.3 is 10.2 Å². The predicted octanol–water partition coefficient (Wildman–Crippen LogP) is 2.30. The Kier molecular flexibility index (Phi) is 3.90. The van der Waals surface area contributed by atoms with E-state index in [9.17, 15) is 9.59 Å². The molecule has 0 heterocycles. The summed E-state index contributed by atoms with van der Waals surface area (Å²) in [4.78, 5) is 21.3. The Bertz CT molecular complexity index is 428. The van der Waals surface area contributed by atoms with Gasteiger partial charge in [0.1, 0.15) is 0 Å². The number of hydrogen-bond acceptors (Lipinski definition) is 2. The second kappa shape index (κ2) is 4.99. The molecule has 0 aliphatic heterocycles. The number of rotatable bonds is 4. The second-order valence-electron chi connectivity index (χ2n) is 3.55. The van der Waals surface area contributed by atoms with Crippen LogP contribution in [-0.2, 0) is 11.2 Å². The summed E-state index contributed by atoms with van der Waals surface area (Å²) in [5.74, 6) is -2.51. The topological polar surface area (TPSA) is 74.6 Å². The quantitative estimate of drug-likeness (QED) is 0.850. The summed E-state index contributed by atoms with van der Waals surface area (Å²) in [5, 5.41) is 17.7. The maximum Gasteiger partial charge on any atom is 0.335 e. The van der Waals surface area contributed by atoms with Crippen molar-refractivity contribution in [3.05, 3.63) is 34.3 Å². The van der Waals surface area contributed by atoms with Crippen molar-refractivity contribution in [3.8, 4) is 0 Å². The van der Waals surface area contributed by atoms with Crippen LogP contribution in [0.15, 0.2) is 18.2 Å². The molecular weight excluding hydrogens is 232 g/mol. The number of carboxylic acids is 2. The van der Waals surface area contributed by atoms with Crippen LogP contribution in [0.4, 0.5) is 0 Å². The normalized spacial score (nSPS) is 12.1. The Morgan fingerprint density at radius 1 is 1.38 bits per heavy atom. The van der Waals surface area contributed by atoms with Gasteiger partial charge in [-0.15, -0.1) is 0 Å². The van der Waals surface area contributed by atoms with Gasteiger partial charge in [-0.2, -0.15) is 0 Å². The van der Waals surface area contributed by atoms with Crippen LogP contribution in [0.3, 0.4) is 0 Å². The van der Waals surface area contributed by atoms with E-state index in [4.69, 9.17) is 21.8 Å². The van der Waals surface area contributed by atoms with E-state index in [0.717, 1.165) is 0 Å². The van der Waals surface area contributed by atoms with Crippen LogP contribution < -0.4 is 0 Å². The van der Waals surface area contributed by atoms with E-state index in [2.05, 4.69) is 0 Å². The highest BCUT2D eigenvalue weighted by Crippen LogP contribution is 2.21. The van der Waals surface area contributed by atoms with Gasteiger partial charge in [0.15, 0.2) is 0 Å². The zero-order valence-corrected chi connectivity index (χ0v) is 9.36. The molecule has 0 saturated carbocycles. The summed E-state index contributed by atoms with van der Waals surface area (Å²) >= 11 is 5.87. The van der Waals surface area contributed by atoms with Crippen LogP contribution in [0.5, 0.6) is 0 Å². The molecule has 4 nitrogen and oxygen atoms in total. The predicted molar refractivity (Wildman–Crippen MR) is 58.9 cm³/mol. The highest BCUT2D eigenvalue weighted by Gasteiger charge is 2.14. The summed E-state index contributed by atoms with van der Waals surface area (Å²) in [6, 6.07) is 4.29. The molecule has 1 aromatic carbocycles. The summed E-state index contributed by atoms with van der Waals surface area (Å²) < 4.78 is 0. The number of aromatic carboxylic acids is 1. The number of aliphatic carboxylic acids is 1. The van der Waals surface area contributed by atoms with Crippen LogP contribution >= 0.6 is 11.6 Å². The fourth-order valence-corrected chi connectivity index (χ4v) is 1.52. The lowest BCUT2D eigenvalue weighted by molar-refractivity contribution is -0.141. The van der Waals surface area contributed by atoms with Crippen molar-refractivity contribution in [1.29, 1.82) is 0 Å². The molecule has 0 fully saturated rings. The lowest BCUT2D eigenvalue weighted by Gasteiger charge is -2.08. The molecule has 5 heteroatoms. The molecular formula is C11H11ClO4. The van der Waals surface area contributed by atoms with Crippen molar-refractivity contribution >= 4 is 23.5 Å². The fourth-order valence-electron chi connectivity index (χ4n) is 1.26. The summed E-state index contributed by atoms with van der Waals surface area (Å²) in [6.07, 6.45) is 0.286. The van der Waals surface area contributed by atoms with Crippen molar-refractivity contribution < 1.29 is 19.8 Å². The largest absolute Gasteiger partial charge is 0.481 e. The molecule has 0 amide bonds. The van der Waals surface area contributed by atoms with E-state index in [1.807, 2.05) is 0 Å². The molecule has 0 saturated heterocycles. The summed E-state index contributed by atoms with van der Waals surface area (Å²) in [6.45, 7) is 1.57. The SMILES string of the molecule is CC(Cc1ccc(C(=O)O)cc1Cl)C(=O)O. The summed E-state index contributed by atoms with van der Waals surface area (Å²) in [5.41, 5.74) is 0.735. The van der Waals surface area contributed by atoms with Crippen molar-refractivity contribution in [2.45, 2.75) is 13.3 Å². The maximum absolute atomic E-state index is 10.7. The van der Waals surface area contributed by atoms with Crippen molar-refractivity contribution in [1.82, 2.24) is 0 Å². The molecule has 0 aliphatic rings. The van der Waals surface area contributed by atoms with Crippen LogP contribution in [0, 0.1) is 5.92 Å². The van der Waals surface area contributed by atoms with Crippen molar-refractivity contribution in [3.63, 3.8) is 0 Å². The number of carbonyl (C=O) groups is 2. The Balaban J connectivity index is 2.91. The Morgan fingerprint density at radius 3 is 2.44 bits per heavy atom. The third kappa shape index (κ3) is 2.97. The van der Waals surface area contributed by atoms with Gasteiger partial charge in [0.25, 0.3) is 0 Å². The molecule has 0 aliphatic carbocycles. The van der Waals surface area contributed by atoms with Crippen LogP contribution in [0.2, 0.25) is 5.02 Å². The first kappa shape index (κ1) is 12.5. The average Bonchev–Trinajstić information content (AvgIpc) is 2.20. The molecule has 86 valence electrons. The van der Waals surface area contributed by atoms with Gasteiger partial charge in [0.05, 0.1) is 11.5 Å². The second-order valence-corrected chi connectivity index (χ2v) is 3.96. The van der Waals surface area contributed by atoms with Gasteiger partial charge in [-0.05, 0) is 24.1 Å². The first-order valence-electron chi connectivity index (χ1n) is 4.66. The van der Waals surface area contributed by atoms with E-state index in [0.29, 0.717) is 5.56 Å². The Morgan fingerprint density at radius 2 is 2.00 bits per heavy atom. The highest BCUT2D eigenvalue weighted by atomic mass is 35.5. The minimum Gasteiger partial charge on any atom is -0.481 e. The van der Waals surface area contributed by atoms with Gasteiger partial charge in [0, 0.05) is 5.02 Å². The van der Waals surface area contributed by atoms with E-state index >= 15 is 0 Å². The van der Waals surface area contributed by atoms with Gasteiger partial charge >= 0.3 is 11.9 Å². The molecule has 0 aromatic heterocycles. The maximum atomic E-state index is 10.7. The first-order chi connectivity index (χ1) is 7.41. The molecule has 0 radical (unpaired) electrons. The van der Waals surface area contributed by atoms with Crippen LogP contribution in [0.25, 0.3) is 0 Å². The monoisotopic (exact) mass is 242 g/mol.